The third kappa shape index (κ3) is 7.89. The highest BCUT2D eigenvalue weighted by atomic mass is 16.5. The van der Waals surface area contributed by atoms with Gasteiger partial charge in [-0.15, -0.1) is 0 Å². The molecule has 0 spiro atoms. The van der Waals surface area contributed by atoms with Crippen molar-refractivity contribution in [1.82, 2.24) is 19.3 Å². The van der Waals surface area contributed by atoms with Crippen molar-refractivity contribution in [3.05, 3.63) is 181 Å². The van der Waals surface area contributed by atoms with E-state index in [2.05, 4.69) is 200 Å². The van der Waals surface area contributed by atoms with E-state index >= 15 is 0 Å². The van der Waals surface area contributed by atoms with Crippen molar-refractivity contribution >= 4 is 21.8 Å². The van der Waals surface area contributed by atoms with Crippen molar-refractivity contribution in [2.75, 3.05) is 0 Å². The average molecular weight is 799 g/mol. The second-order valence-electron chi connectivity index (χ2n) is 19.4. The summed E-state index contributed by atoms with van der Waals surface area (Å²) in [6.07, 6.45) is 6.10. The number of hydrogen-bond acceptors (Lipinski definition) is 3. The molecule has 0 fully saturated rings. The lowest BCUT2D eigenvalue weighted by atomic mass is 9.79. The summed E-state index contributed by atoms with van der Waals surface area (Å²) in [5.74, 6) is 2.31. The van der Waals surface area contributed by atoms with Gasteiger partial charge in [-0.05, 0) is 91.6 Å². The highest BCUT2D eigenvalue weighted by Gasteiger charge is 2.22. The normalized spacial score (nSPS) is 12.3. The zero-order valence-electron chi connectivity index (χ0n) is 36.8. The molecule has 3 heterocycles. The van der Waals surface area contributed by atoms with Crippen LogP contribution >= 0.6 is 0 Å². The molecule has 0 saturated heterocycles. The van der Waals surface area contributed by atoms with Gasteiger partial charge in [0.2, 0.25) is 0 Å². The van der Waals surface area contributed by atoms with Gasteiger partial charge in [-0.25, -0.2) is 9.67 Å². The molecule has 0 aliphatic heterocycles. The van der Waals surface area contributed by atoms with Crippen molar-refractivity contribution in [3.8, 4) is 56.4 Å². The quantitative estimate of drug-likeness (QED) is 0.161. The average Bonchev–Trinajstić information content (AvgIpc) is 3.87. The Morgan fingerprint density at radius 3 is 1.82 bits per heavy atom. The Bertz CT molecular complexity index is 3020. The molecule has 0 bridgehead atoms. The molecule has 5 nitrogen and oxygen atoms in total. The summed E-state index contributed by atoms with van der Waals surface area (Å²) in [6.45, 7) is 20.4. The second-order valence-corrected chi connectivity index (χ2v) is 19.4. The van der Waals surface area contributed by atoms with Crippen LogP contribution in [0.25, 0.3) is 66.7 Å². The Morgan fingerprint density at radius 1 is 0.443 bits per heavy atom. The van der Waals surface area contributed by atoms with Crippen molar-refractivity contribution in [1.29, 1.82) is 0 Å². The molecule has 0 amide bonds. The standard InChI is InChI=1S/C56H54N4O/c1-54(2,3)41-20-15-19-38(27-41)49-33-53(57-35-50(49)37-17-11-10-12-18-37)60-51-24-14-13-23-47(51)48-26-25-46(32-52(48)60)61-45-22-16-21-44(31-45)59-36-40(34-58-59)39-28-42(55(4,5)6)30-43(29-39)56(7,8)9/h10-36H,1-9H3. The Labute approximate surface area is 360 Å². The molecule has 0 aliphatic rings. The summed E-state index contributed by atoms with van der Waals surface area (Å²) >= 11 is 0. The fourth-order valence-corrected chi connectivity index (χ4v) is 8.17. The molecule has 61 heavy (non-hydrogen) atoms. The van der Waals surface area contributed by atoms with Gasteiger partial charge in [-0.2, -0.15) is 5.10 Å². The molecule has 304 valence electrons. The molecular weight excluding hydrogens is 745 g/mol. The number of fused-ring (bicyclic) bond motifs is 3. The number of benzene rings is 6. The molecule has 0 atom stereocenters. The molecular formula is C56H54N4O. The third-order valence-electron chi connectivity index (χ3n) is 11.8. The van der Waals surface area contributed by atoms with Gasteiger partial charge >= 0.3 is 0 Å². The van der Waals surface area contributed by atoms with E-state index in [1.54, 1.807) is 0 Å². The van der Waals surface area contributed by atoms with Crippen molar-refractivity contribution < 1.29 is 4.74 Å². The van der Waals surface area contributed by atoms with Gasteiger partial charge < -0.3 is 4.74 Å². The summed E-state index contributed by atoms with van der Waals surface area (Å²) in [6, 6.07) is 51.7. The number of pyridine rings is 1. The Kier molecular flexibility index (Phi) is 9.82. The number of aromatic nitrogens is 4. The minimum atomic E-state index is 0.0119. The van der Waals surface area contributed by atoms with Gasteiger partial charge in [0.1, 0.15) is 17.3 Å². The zero-order chi connectivity index (χ0) is 42.7. The molecule has 0 unspecified atom stereocenters. The third-order valence-corrected chi connectivity index (χ3v) is 11.8. The number of nitrogens with zero attached hydrogens (tertiary/aromatic N) is 4. The minimum absolute atomic E-state index is 0.0119. The molecule has 0 radical (unpaired) electrons. The van der Waals surface area contributed by atoms with Crippen LogP contribution in [0.3, 0.4) is 0 Å². The zero-order valence-corrected chi connectivity index (χ0v) is 36.8. The van der Waals surface area contributed by atoms with Gasteiger partial charge in [0, 0.05) is 46.4 Å². The van der Waals surface area contributed by atoms with Crippen LogP contribution in [0.4, 0.5) is 0 Å². The van der Waals surface area contributed by atoms with Crippen molar-refractivity contribution in [2.24, 2.45) is 0 Å². The highest BCUT2D eigenvalue weighted by molar-refractivity contribution is 6.09. The molecule has 3 aromatic heterocycles. The number of ether oxygens (including phenoxy) is 1. The first kappa shape index (κ1) is 39.7. The van der Waals surface area contributed by atoms with Crippen LogP contribution in [0.1, 0.15) is 79.0 Å². The summed E-state index contributed by atoms with van der Waals surface area (Å²) in [5, 5.41) is 7.12. The van der Waals surface area contributed by atoms with Crippen LogP contribution in [0.5, 0.6) is 11.5 Å². The molecule has 5 heteroatoms. The first-order chi connectivity index (χ1) is 29.1. The lowest BCUT2D eigenvalue weighted by Gasteiger charge is -2.26. The summed E-state index contributed by atoms with van der Waals surface area (Å²) in [7, 11) is 0. The molecule has 6 aromatic carbocycles. The molecule has 9 rings (SSSR count). The van der Waals surface area contributed by atoms with Gasteiger partial charge in [0.05, 0.1) is 22.9 Å². The fraction of sp³-hybridized carbons (Fsp3) is 0.214. The van der Waals surface area contributed by atoms with Gasteiger partial charge in [-0.1, -0.05) is 159 Å². The SMILES string of the molecule is CC(C)(C)c1cccc(-c2cc(-n3c4ccccc4c4ccc(Oc5cccc(-n6cc(-c7cc(C(C)(C)C)cc(C(C)(C)C)c7)cn6)c5)cc43)ncc2-c2ccccc2)c1. The molecule has 0 saturated carbocycles. The Balaban J connectivity index is 1.10. The van der Waals surface area contributed by atoms with Gasteiger partial charge in [-0.3, -0.25) is 4.57 Å². The second kappa shape index (κ2) is 15.1. The fourth-order valence-electron chi connectivity index (χ4n) is 8.17. The summed E-state index contributed by atoms with van der Waals surface area (Å²) < 4.78 is 10.9. The predicted octanol–water partition coefficient (Wildman–Crippen LogP) is 15.1. The molecule has 0 aliphatic carbocycles. The van der Waals surface area contributed by atoms with E-state index in [0.29, 0.717) is 0 Å². The van der Waals surface area contributed by atoms with Crippen LogP contribution in [0.15, 0.2) is 164 Å². The smallest absolute Gasteiger partial charge is 0.138 e. The van der Waals surface area contributed by atoms with Gasteiger partial charge in [0.25, 0.3) is 0 Å². The van der Waals surface area contributed by atoms with Crippen molar-refractivity contribution in [2.45, 2.75) is 78.6 Å². The maximum Gasteiger partial charge on any atom is 0.138 e. The Hall–Kier alpha value is -6.72. The monoisotopic (exact) mass is 798 g/mol. The number of hydrogen-bond donors (Lipinski definition) is 0. The highest BCUT2D eigenvalue weighted by Crippen LogP contribution is 2.40. The lowest BCUT2D eigenvalue weighted by molar-refractivity contribution is 0.483. The molecule has 0 N–H and O–H groups in total. The van der Waals surface area contributed by atoms with E-state index in [0.717, 1.165) is 72.6 Å². The van der Waals surface area contributed by atoms with Gasteiger partial charge in [0.15, 0.2) is 0 Å². The largest absolute Gasteiger partial charge is 0.457 e. The maximum atomic E-state index is 6.67. The van der Waals surface area contributed by atoms with E-state index in [-0.39, 0.29) is 16.2 Å². The first-order valence-corrected chi connectivity index (χ1v) is 21.3. The predicted molar refractivity (Wildman–Crippen MR) is 255 cm³/mol. The topological polar surface area (TPSA) is 44.9 Å². The van der Waals surface area contributed by atoms with E-state index in [1.165, 1.54) is 22.3 Å². The van der Waals surface area contributed by atoms with Crippen LogP contribution < -0.4 is 4.74 Å². The van der Waals surface area contributed by atoms with Crippen LogP contribution in [0.2, 0.25) is 0 Å². The van der Waals surface area contributed by atoms with E-state index in [9.17, 15) is 0 Å². The molecule has 9 aromatic rings. The first-order valence-electron chi connectivity index (χ1n) is 21.3. The summed E-state index contributed by atoms with van der Waals surface area (Å²) in [5.41, 5.74) is 13.8. The van der Waals surface area contributed by atoms with Crippen molar-refractivity contribution in [3.63, 3.8) is 0 Å². The van der Waals surface area contributed by atoms with Crippen LogP contribution in [0, 0.1) is 0 Å². The van der Waals surface area contributed by atoms with E-state index < -0.39 is 0 Å². The van der Waals surface area contributed by atoms with Crippen LogP contribution in [-0.4, -0.2) is 19.3 Å². The Morgan fingerprint density at radius 2 is 1.08 bits per heavy atom. The maximum absolute atomic E-state index is 6.67. The number of para-hydroxylation sites is 1. The van der Waals surface area contributed by atoms with Crippen LogP contribution in [-0.2, 0) is 16.2 Å². The summed E-state index contributed by atoms with van der Waals surface area (Å²) in [4.78, 5) is 5.18. The lowest BCUT2D eigenvalue weighted by Crippen LogP contribution is -2.16. The van der Waals surface area contributed by atoms with E-state index in [4.69, 9.17) is 14.8 Å². The minimum Gasteiger partial charge on any atom is -0.457 e. The number of rotatable bonds is 7. The van der Waals surface area contributed by atoms with E-state index in [1.807, 2.05) is 35.3 Å².